The largest absolute Gasteiger partial charge is 0.302 e. The summed E-state index contributed by atoms with van der Waals surface area (Å²) >= 11 is 4.41. The molecular weight excluding hydrogens is 464 g/mol. The first-order valence-electron chi connectivity index (χ1n) is 9.65. The molecule has 0 aliphatic carbocycles. The van der Waals surface area contributed by atoms with Crippen molar-refractivity contribution in [1.82, 2.24) is 5.32 Å². The van der Waals surface area contributed by atoms with E-state index in [1.54, 1.807) is 0 Å². The van der Waals surface area contributed by atoms with Gasteiger partial charge in [-0.25, -0.2) is 0 Å². The second kappa shape index (κ2) is 6.31. The quantitative estimate of drug-likeness (QED) is 0.582. The molecule has 0 aromatic heterocycles. The first-order chi connectivity index (χ1) is 14.1. The molecule has 5 rings (SSSR count). The van der Waals surface area contributed by atoms with Crippen molar-refractivity contribution in [1.29, 1.82) is 0 Å². The van der Waals surface area contributed by atoms with Crippen LogP contribution in [0.5, 0.6) is 0 Å². The fourth-order valence-electron chi connectivity index (χ4n) is 5.16. The molecule has 0 saturated carbocycles. The Morgan fingerprint density at radius 2 is 1.77 bits per heavy atom. The van der Waals surface area contributed by atoms with Crippen LogP contribution in [0.15, 0.2) is 51.8 Å². The number of thioether (sulfide) groups is 1. The average Bonchev–Trinajstić information content (AvgIpc) is 3.15. The van der Waals surface area contributed by atoms with E-state index in [1.165, 1.54) is 5.56 Å². The minimum absolute atomic E-state index is 0.178. The molecule has 3 heterocycles. The van der Waals surface area contributed by atoms with Crippen molar-refractivity contribution in [3.8, 4) is 0 Å². The normalized spacial score (nSPS) is 26.8. The number of nitrogens with zero attached hydrogens (tertiary/aromatic N) is 1. The summed E-state index contributed by atoms with van der Waals surface area (Å²) in [6.45, 7) is 6.32. The third kappa shape index (κ3) is 2.58. The number of amides is 3. The summed E-state index contributed by atoms with van der Waals surface area (Å²) < 4.78 is 0.834. The number of hydrogen-bond acceptors (Lipinski definition) is 4. The second-order valence-electron chi connectivity index (χ2n) is 8.73. The van der Waals surface area contributed by atoms with Crippen molar-refractivity contribution in [2.75, 3.05) is 4.90 Å². The Labute approximate surface area is 187 Å². The zero-order valence-corrected chi connectivity index (χ0v) is 19.1. The number of nitrogens with one attached hydrogen (secondary N) is 1. The Morgan fingerprint density at radius 1 is 1.07 bits per heavy atom. The molecule has 1 N–H and O–H groups in total. The summed E-state index contributed by atoms with van der Waals surface area (Å²) in [6.07, 6.45) is 0.722. The number of imide groups is 1. The molecule has 7 heteroatoms. The molecule has 2 aromatic rings. The predicted octanol–water partition coefficient (Wildman–Crippen LogP) is 4.98. The lowest BCUT2D eigenvalue weighted by Crippen LogP contribution is -2.54. The van der Waals surface area contributed by atoms with Gasteiger partial charge < -0.3 is 4.90 Å². The highest BCUT2D eigenvalue weighted by Crippen LogP contribution is 2.57. The molecule has 152 valence electrons. The zero-order chi connectivity index (χ0) is 21.4. The Bertz CT molecular complexity index is 1190. The predicted molar refractivity (Wildman–Crippen MR) is 121 cm³/mol. The molecule has 30 heavy (non-hydrogen) atoms. The molecule has 1 saturated heterocycles. The van der Waals surface area contributed by atoms with Gasteiger partial charge in [0, 0.05) is 21.0 Å². The molecule has 3 aliphatic rings. The van der Waals surface area contributed by atoms with Crippen molar-refractivity contribution < 1.29 is 14.4 Å². The van der Waals surface area contributed by atoms with Crippen LogP contribution >= 0.6 is 27.7 Å². The summed E-state index contributed by atoms with van der Waals surface area (Å²) in [5.41, 5.74) is 3.25. The maximum atomic E-state index is 13.6. The van der Waals surface area contributed by atoms with Crippen LogP contribution in [-0.2, 0) is 15.0 Å². The summed E-state index contributed by atoms with van der Waals surface area (Å²) in [5.74, 6) is -0.734. The number of rotatable bonds is 1. The summed E-state index contributed by atoms with van der Waals surface area (Å²) in [4.78, 5) is 39.9. The molecular formula is C23H19BrN2O3S. The van der Waals surface area contributed by atoms with Crippen molar-refractivity contribution >= 4 is 56.0 Å². The molecule has 3 amide bonds. The van der Waals surface area contributed by atoms with Crippen LogP contribution in [0.25, 0.3) is 5.57 Å². The highest BCUT2D eigenvalue weighted by Gasteiger charge is 2.54. The average molecular weight is 483 g/mol. The molecule has 0 bridgehead atoms. The van der Waals surface area contributed by atoms with Crippen LogP contribution < -0.4 is 10.2 Å². The van der Waals surface area contributed by atoms with Gasteiger partial charge in [0.05, 0.1) is 16.2 Å². The number of hydrogen-bond donors (Lipinski definition) is 1. The Balaban J connectivity index is 1.86. The molecule has 0 spiro atoms. The standard InChI is InChI=1S/C23H19BrN2O3S/c1-22(2)11-23(3,12-7-5-4-6-8-12)15-10-13(24)9-14-16(20(28)26(22)17(14)15)18-19(27)25-21(29)30-18/h4-10H,11H2,1-3H3,(H,25,27,29)/b18-16-. The Morgan fingerprint density at radius 3 is 2.40 bits per heavy atom. The molecule has 0 radical (unpaired) electrons. The van der Waals surface area contributed by atoms with E-state index in [0.717, 1.165) is 33.9 Å². The highest BCUT2D eigenvalue weighted by molar-refractivity contribution is 9.10. The topological polar surface area (TPSA) is 66.5 Å². The number of anilines is 1. The SMILES string of the molecule is CC1(c2ccccc2)CC(C)(C)N2C(=O)/C(=C3\SC(=O)NC3=O)c3cc(Br)cc1c32. The fourth-order valence-corrected chi connectivity index (χ4v) is 6.39. The lowest BCUT2D eigenvalue weighted by molar-refractivity contribution is -0.116. The lowest BCUT2D eigenvalue weighted by Gasteiger charge is -2.49. The number of benzene rings is 2. The smallest absolute Gasteiger partial charge is 0.290 e. The monoisotopic (exact) mass is 482 g/mol. The Kier molecular flexibility index (Phi) is 4.12. The van der Waals surface area contributed by atoms with E-state index >= 15 is 0 Å². The minimum Gasteiger partial charge on any atom is -0.302 e. The van der Waals surface area contributed by atoms with E-state index in [-0.39, 0.29) is 16.2 Å². The first-order valence-corrected chi connectivity index (χ1v) is 11.3. The van der Waals surface area contributed by atoms with Gasteiger partial charge in [-0.1, -0.05) is 53.2 Å². The van der Waals surface area contributed by atoms with E-state index in [9.17, 15) is 14.4 Å². The summed E-state index contributed by atoms with van der Waals surface area (Å²) in [6, 6.07) is 14.2. The van der Waals surface area contributed by atoms with Crippen LogP contribution in [0.1, 0.15) is 43.9 Å². The van der Waals surface area contributed by atoms with E-state index in [1.807, 2.05) is 29.2 Å². The van der Waals surface area contributed by atoms with E-state index in [2.05, 4.69) is 60.2 Å². The van der Waals surface area contributed by atoms with Gasteiger partial charge in [-0.15, -0.1) is 0 Å². The van der Waals surface area contributed by atoms with Gasteiger partial charge in [0.2, 0.25) is 0 Å². The third-order valence-corrected chi connectivity index (χ3v) is 7.56. The van der Waals surface area contributed by atoms with Crippen LogP contribution in [-0.4, -0.2) is 22.6 Å². The van der Waals surface area contributed by atoms with Crippen LogP contribution in [0, 0.1) is 0 Å². The van der Waals surface area contributed by atoms with Gasteiger partial charge in [-0.2, -0.15) is 0 Å². The van der Waals surface area contributed by atoms with Gasteiger partial charge >= 0.3 is 0 Å². The van der Waals surface area contributed by atoms with Crippen LogP contribution in [0.3, 0.4) is 0 Å². The third-order valence-electron chi connectivity index (χ3n) is 6.23. The number of carbonyl (C=O) groups excluding carboxylic acids is 3. The van der Waals surface area contributed by atoms with Crippen LogP contribution in [0.2, 0.25) is 0 Å². The molecule has 1 fully saturated rings. The molecule has 3 aliphatic heterocycles. The lowest BCUT2D eigenvalue weighted by atomic mass is 9.65. The maximum Gasteiger partial charge on any atom is 0.290 e. The summed E-state index contributed by atoms with van der Waals surface area (Å²) in [5, 5.41) is 1.83. The van der Waals surface area contributed by atoms with Gasteiger partial charge in [-0.3, -0.25) is 19.7 Å². The van der Waals surface area contributed by atoms with Crippen molar-refractivity contribution in [2.45, 2.75) is 38.1 Å². The zero-order valence-electron chi connectivity index (χ0n) is 16.7. The van der Waals surface area contributed by atoms with Gasteiger partial charge in [0.25, 0.3) is 17.1 Å². The van der Waals surface area contributed by atoms with E-state index < -0.39 is 16.7 Å². The highest BCUT2D eigenvalue weighted by atomic mass is 79.9. The van der Waals surface area contributed by atoms with Crippen molar-refractivity contribution in [3.05, 3.63) is 68.5 Å². The van der Waals surface area contributed by atoms with E-state index in [0.29, 0.717) is 11.1 Å². The molecule has 1 unspecified atom stereocenters. The minimum atomic E-state index is -0.509. The number of halogens is 1. The second-order valence-corrected chi connectivity index (χ2v) is 10.6. The van der Waals surface area contributed by atoms with Gasteiger partial charge in [0.15, 0.2) is 0 Å². The van der Waals surface area contributed by atoms with Gasteiger partial charge in [-0.05, 0) is 55.3 Å². The van der Waals surface area contributed by atoms with Crippen molar-refractivity contribution in [2.24, 2.45) is 0 Å². The van der Waals surface area contributed by atoms with Gasteiger partial charge in [0.1, 0.15) is 0 Å². The first kappa shape index (κ1) is 19.6. The number of carbonyl (C=O) groups is 3. The van der Waals surface area contributed by atoms with Crippen molar-refractivity contribution in [3.63, 3.8) is 0 Å². The fraction of sp³-hybridized carbons (Fsp3) is 0.261. The van der Waals surface area contributed by atoms with E-state index in [4.69, 9.17) is 0 Å². The van der Waals surface area contributed by atoms with Crippen LogP contribution in [0.4, 0.5) is 10.5 Å². The molecule has 1 atom stereocenters. The molecule has 5 nitrogen and oxygen atoms in total. The summed E-state index contributed by atoms with van der Waals surface area (Å²) in [7, 11) is 0. The molecule has 2 aromatic carbocycles. The Hall–Kier alpha value is -2.38. The maximum absolute atomic E-state index is 13.6.